The minimum Gasteiger partial charge on any atom is -0.387 e. The highest BCUT2D eigenvalue weighted by atomic mass is 31.2. The molecule has 2 fully saturated rings. The van der Waals surface area contributed by atoms with Gasteiger partial charge < -0.3 is 99.3 Å². The third-order valence-electron chi connectivity index (χ3n) is 6.94. The maximum absolute atomic E-state index is 12.3. The van der Waals surface area contributed by atoms with Crippen LogP contribution in [0, 0.1) is 0 Å². The summed E-state index contributed by atoms with van der Waals surface area (Å²) < 4.78 is 105. The van der Waals surface area contributed by atoms with Crippen molar-refractivity contribution < 1.29 is 148 Å². The van der Waals surface area contributed by atoms with Crippen molar-refractivity contribution in [2.75, 3.05) is 26.3 Å². The van der Waals surface area contributed by atoms with Gasteiger partial charge in [0.2, 0.25) is 0 Å². The van der Waals surface area contributed by atoms with Gasteiger partial charge >= 0.3 is 53.0 Å². The van der Waals surface area contributed by atoms with Gasteiger partial charge in [-0.05, 0) is 0 Å². The SMILES string of the molecule is O=C(NCCO[C@H]1[C@@H](O)[C@H](OP(=O)(O)O)[C@@H](OP(=O)(O)O)[C@H](O)[C@H]1OP(=O)(O)O)NCCO[C@H]1[C@@H](O)[C@H](OP(=O)(O)O)[C@@H](OP(=O)(O)O)[C@H](O)[C@H]1OP(=O)(O)O. The van der Waals surface area contributed by atoms with Crippen molar-refractivity contribution in [2.24, 2.45) is 0 Å². The second-order valence-electron chi connectivity index (χ2n) is 11.2. The van der Waals surface area contributed by atoms with E-state index in [-0.39, 0.29) is 0 Å². The number of carbonyl (C=O) groups excluding carboxylic acids is 1. The Labute approximate surface area is 311 Å². The molecule has 332 valence electrons. The third-order valence-corrected chi connectivity index (χ3v) is 10.0. The van der Waals surface area contributed by atoms with E-state index in [1.54, 1.807) is 0 Å². The van der Waals surface area contributed by atoms with Gasteiger partial charge in [-0.3, -0.25) is 27.1 Å². The van der Waals surface area contributed by atoms with Gasteiger partial charge in [0.15, 0.2) is 0 Å². The number of phosphoric ester groups is 6. The molecule has 0 aromatic rings. The first-order valence-corrected chi connectivity index (χ1v) is 23.7. The second-order valence-corrected chi connectivity index (χ2v) is 18.3. The van der Waals surface area contributed by atoms with E-state index >= 15 is 0 Å². The van der Waals surface area contributed by atoms with Crippen LogP contribution in [0.2, 0.25) is 0 Å². The average molecular weight is 952 g/mol. The summed E-state index contributed by atoms with van der Waals surface area (Å²) in [6, 6.07) is -1.13. The molecule has 0 saturated heterocycles. The number of hydrogen-bond acceptors (Lipinski definition) is 19. The Morgan fingerprint density at radius 2 is 0.554 bits per heavy atom. The van der Waals surface area contributed by atoms with E-state index in [9.17, 15) is 91.8 Å². The van der Waals surface area contributed by atoms with Crippen molar-refractivity contribution >= 4 is 53.0 Å². The molecule has 0 bridgehead atoms. The van der Waals surface area contributed by atoms with Crippen molar-refractivity contribution in [1.82, 2.24) is 10.6 Å². The molecule has 0 spiro atoms. The summed E-state index contributed by atoms with van der Waals surface area (Å²) in [4.78, 5) is 123. The van der Waals surface area contributed by atoms with Crippen molar-refractivity contribution in [3.8, 4) is 0 Å². The molecule has 0 heterocycles. The van der Waals surface area contributed by atoms with E-state index in [0.717, 1.165) is 0 Å². The lowest BCUT2D eigenvalue weighted by Gasteiger charge is -2.46. The topological polar surface area (TPSA) is 541 Å². The van der Waals surface area contributed by atoms with Gasteiger partial charge in [-0.25, -0.2) is 32.2 Å². The van der Waals surface area contributed by atoms with Crippen LogP contribution in [0.3, 0.4) is 0 Å². The largest absolute Gasteiger partial charge is 0.470 e. The third kappa shape index (κ3) is 17.7. The lowest BCUT2D eigenvalue weighted by Crippen LogP contribution is -2.66. The summed E-state index contributed by atoms with van der Waals surface area (Å²) in [5.41, 5.74) is 0. The molecule has 2 rings (SSSR count). The van der Waals surface area contributed by atoms with Crippen LogP contribution in [0.15, 0.2) is 0 Å². The molecular formula is C17H38N2O31P6. The van der Waals surface area contributed by atoms with Crippen LogP contribution < -0.4 is 10.6 Å². The maximum atomic E-state index is 12.3. The number of phosphoric acid groups is 6. The Hall–Kier alpha value is -0.310. The molecule has 0 unspecified atom stereocenters. The van der Waals surface area contributed by atoms with Crippen LogP contribution in [0.5, 0.6) is 0 Å². The molecule has 0 aromatic heterocycles. The number of carbonyl (C=O) groups is 1. The fourth-order valence-electron chi connectivity index (χ4n) is 5.16. The van der Waals surface area contributed by atoms with Crippen molar-refractivity contribution in [2.45, 2.75) is 73.2 Å². The smallest absolute Gasteiger partial charge is 0.387 e. The summed E-state index contributed by atoms with van der Waals surface area (Å²) in [7, 11) is -34.0. The predicted octanol–water partition coefficient (Wildman–Crippen LogP) is -6.61. The fraction of sp³-hybridized carbons (Fsp3) is 0.941. The molecule has 33 nitrogen and oxygen atoms in total. The zero-order valence-electron chi connectivity index (χ0n) is 27.2. The summed E-state index contributed by atoms with van der Waals surface area (Å²) in [5.74, 6) is 0. The van der Waals surface area contributed by atoms with Crippen LogP contribution in [-0.4, -0.2) is 185 Å². The van der Waals surface area contributed by atoms with Gasteiger partial charge in [0.1, 0.15) is 73.2 Å². The van der Waals surface area contributed by atoms with Gasteiger partial charge in [-0.15, -0.1) is 0 Å². The first-order chi connectivity index (χ1) is 25.1. The summed E-state index contributed by atoms with van der Waals surface area (Å²) >= 11 is 0. The molecule has 2 aliphatic rings. The Balaban J connectivity index is 2.11. The summed E-state index contributed by atoms with van der Waals surface area (Å²) in [6.45, 7) is -2.87. The van der Waals surface area contributed by atoms with Crippen LogP contribution in [0.25, 0.3) is 0 Å². The number of urea groups is 1. The number of amides is 2. The number of ether oxygens (including phenoxy) is 2. The molecule has 0 radical (unpaired) electrons. The van der Waals surface area contributed by atoms with Gasteiger partial charge in [-0.2, -0.15) is 0 Å². The van der Waals surface area contributed by atoms with Gasteiger partial charge in [0, 0.05) is 13.1 Å². The number of rotatable bonds is 20. The Morgan fingerprint density at radius 1 is 0.375 bits per heavy atom. The fourth-order valence-corrected chi connectivity index (χ4v) is 8.53. The maximum Gasteiger partial charge on any atom is 0.470 e. The van der Waals surface area contributed by atoms with Crippen LogP contribution in [0.1, 0.15) is 0 Å². The number of hydrogen-bond donors (Lipinski definition) is 18. The van der Waals surface area contributed by atoms with Gasteiger partial charge in [0.05, 0.1) is 13.2 Å². The van der Waals surface area contributed by atoms with Crippen molar-refractivity contribution in [3.63, 3.8) is 0 Å². The molecule has 12 atom stereocenters. The predicted molar refractivity (Wildman–Crippen MR) is 166 cm³/mol. The standard InChI is InChI=1S/C17H38N2O31P6/c20-5-9(11(45-51(25,26)27)7(22)15(49-55(37,38)39)13(5)47-53(31,32)33)43-3-1-18-17(24)19-2-4-44-10-6(21)14(48-54(34,35)36)16(50-56(40,41)42)8(23)12(10)46-52(28,29)30/h5-16,20-23H,1-4H2,(H2,18,19,24)(H2,25,26,27)(H2,28,29,30)(H2,31,32,33)(H2,34,35,36)(H2,37,38,39)(H2,40,41,42)/t5-,6-,7-,8-,9+,10+,11-,12-,13+,14+,15+,16+/m1/s1. The second kappa shape index (κ2) is 20.0. The van der Waals surface area contributed by atoms with Crippen LogP contribution in [0.4, 0.5) is 4.79 Å². The highest BCUT2D eigenvalue weighted by Crippen LogP contribution is 2.51. The summed E-state index contributed by atoms with van der Waals surface area (Å²) in [5, 5.41) is 46.7. The molecule has 0 aliphatic heterocycles. The summed E-state index contributed by atoms with van der Waals surface area (Å²) in [6.07, 6.45) is -30.1. The molecule has 0 aromatic carbocycles. The van der Waals surface area contributed by atoms with E-state index in [4.69, 9.17) is 29.0 Å². The normalized spacial score (nSPS) is 32.6. The zero-order valence-corrected chi connectivity index (χ0v) is 32.6. The Morgan fingerprint density at radius 3 is 0.750 bits per heavy atom. The number of aliphatic hydroxyl groups is 4. The lowest BCUT2D eigenvalue weighted by atomic mass is 9.85. The minimum atomic E-state index is -5.68. The van der Waals surface area contributed by atoms with Crippen LogP contribution in [-0.2, 0) is 64.0 Å². The first kappa shape index (κ1) is 51.8. The highest BCUT2D eigenvalue weighted by Gasteiger charge is 2.59. The number of aliphatic hydroxyl groups excluding tert-OH is 4. The molecule has 2 aliphatic carbocycles. The lowest BCUT2D eigenvalue weighted by molar-refractivity contribution is -0.224. The monoisotopic (exact) mass is 952 g/mol. The molecule has 2 amide bonds. The number of nitrogens with one attached hydrogen (secondary N) is 2. The molecule has 56 heavy (non-hydrogen) atoms. The average Bonchev–Trinajstić information content (AvgIpc) is 2.97. The van der Waals surface area contributed by atoms with E-state index in [2.05, 4.69) is 37.8 Å². The quantitative estimate of drug-likeness (QED) is 0.0398. The minimum absolute atomic E-state index is 0.630. The molecular weight excluding hydrogens is 914 g/mol. The van der Waals surface area contributed by atoms with E-state index in [1.807, 2.05) is 0 Å². The van der Waals surface area contributed by atoms with Crippen molar-refractivity contribution in [3.05, 3.63) is 0 Å². The van der Waals surface area contributed by atoms with Gasteiger partial charge in [-0.1, -0.05) is 0 Å². The Bertz CT molecular complexity index is 1490. The Kier molecular flexibility index (Phi) is 18.5. The van der Waals surface area contributed by atoms with Gasteiger partial charge in [0.25, 0.3) is 0 Å². The van der Waals surface area contributed by atoms with E-state index < -0.39 is 153 Å². The van der Waals surface area contributed by atoms with Crippen molar-refractivity contribution in [1.29, 1.82) is 0 Å². The molecule has 18 N–H and O–H groups in total. The molecule has 2 saturated carbocycles. The molecule has 39 heteroatoms. The van der Waals surface area contributed by atoms with Crippen LogP contribution >= 0.6 is 46.9 Å². The van der Waals surface area contributed by atoms with E-state index in [1.165, 1.54) is 0 Å². The highest BCUT2D eigenvalue weighted by molar-refractivity contribution is 7.47. The zero-order chi connectivity index (χ0) is 43.4. The van der Waals surface area contributed by atoms with E-state index in [0.29, 0.717) is 0 Å². The first-order valence-electron chi connectivity index (χ1n) is 14.5.